The molecule has 0 aliphatic carbocycles. The maximum Gasteiger partial charge on any atom is 0.326 e. The second-order valence-electron chi connectivity index (χ2n) is 12.5. The predicted molar refractivity (Wildman–Crippen MR) is 171 cm³/mol. The van der Waals surface area contributed by atoms with E-state index >= 15 is 0 Å². The van der Waals surface area contributed by atoms with Gasteiger partial charge in [-0.2, -0.15) is 0 Å². The van der Waals surface area contributed by atoms with Gasteiger partial charge in [-0.15, -0.1) is 0 Å². The first-order valence-corrected chi connectivity index (χ1v) is 15.3. The van der Waals surface area contributed by atoms with Gasteiger partial charge in [0.15, 0.2) is 0 Å². The Balaban J connectivity index is 2.00. The number of carbonyl (C=O) groups is 3. The number of carboxylic acids is 1. The van der Waals surface area contributed by atoms with Crippen LogP contribution in [0.2, 0.25) is 0 Å². The van der Waals surface area contributed by atoms with E-state index in [-0.39, 0.29) is 24.9 Å². The third-order valence-electron chi connectivity index (χ3n) is 7.81. The molecular formula is C34H45F2N5O5. The molecule has 0 unspecified atom stereocenters. The van der Waals surface area contributed by atoms with E-state index in [1.807, 2.05) is 55.7 Å². The van der Waals surface area contributed by atoms with Crippen LogP contribution in [0.1, 0.15) is 63.8 Å². The topological polar surface area (TPSA) is 164 Å². The summed E-state index contributed by atoms with van der Waals surface area (Å²) in [7, 11) is 0. The van der Waals surface area contributed by atoms with Crippen molar-refractivity contribution >= 4 is 17.8 Å². The Labute approximate surface area is 268 Å². The number of aromatic nitrogens is 1. The number of nitrogens with two attached hydrogens (primary N) is 2. The van der Waals surface area contributed by atoms with Gasteiger partial charge in [0, 0.05) is 36.1 Å². The molecule has 12 heteroatoms. The first kappa shape index (κ1) is 36.3. The zero-order valence-corrected chi connectivity index (χ0v) is 26.6. The number of rotatable bonds is 16. The molecule has 1 heterocycles. The average Bonchev–Trinajstić information content (AvgIpc) is 3.41. The van der Waals surface area contributed by atoms with E-state index in [0.717, 1.165) is 23.8 Å². The van der Waals surface area contributed by atoms with Crippen molar-refractivity contribution < 1.29 is 33.4 Å². The normalized spacial score (nSPS) is 13.6. The van der Waals surface area contributed by atoms with Crippen molar-refractivity contribution in [2.75, 3.05) is 19.7 Å². The number of carbonyl (C=O) groups excluding carboxylic acids is 2. The van der Waals surface area contributed by atoms with Crippen molar-refractivity contribution in [2.45, 2.75) is 71.1 Å². The summed E-state index contributed by atoms with van der Waals surface area (Å²) in [6.07, 6.45) is 2.98. The van der Waals surface area contributed by atoms with Crippen LogP contribution in [-0.4, -0.2) is 69.2 Å². The van der Waals surface area contributed by atoms with Gasteiger partial charge >= 0.3 is 5.97 Å². The monoisotopic (exact) mass is 641 g/mol. The van der Waals surface area contributed by atoms with Gasteiger partial charge in [-0.25, -0.2) is 13.6 Å². The van der Waals surface area contributed by atoms with E-state index in [9.17, 15) is 33.4 Å². The molecular weight excluding hydrogens is 596 g/mol. The average molecular weight is 642 g/mol. The number of halogens is 2. The third-order valence-corrected chi connectivity index (χ3v) is 7.81. The van der Waals surface area contributed by atoms with Crippen LogP contribution >= 0.6 is 0 Å². The second kappa shape index (κ2) is 16.4. The molecule has 0 aliphatic rings. The highest BCUT2D eigenvalue weighted by Crippen LogP contribution is 2.41. The lowest BCUT2D eigenvalue weighted by Crippen LogP contribution is -2.50. The van der Waals surface area contributed by atoms with E-state index in [1.54, 1.807) is 12.3 Å². The summed E-state index contributed by atoms with van der Waals surface area (Å²) in [5.41, 5.74) is 13.0. The Kier molecular flexibility index (Phi) is 13.0. The van der Waals surface area contributed by atoms with Crippen molar-refractivity contribution in [1.29, 1.82) is 0 Å². The Bertz CT molecular complexity index is 1470. The fraction of sp³-hybridized carbons (Fsp3) is 0.441. The van der Waals surface area contributed by atoms with Crippen LogP contribution in [0.25, 0.3) is 11.1 Å². The number of unbranched alkanes of at least 4 members (excludes halogenated alkanes) is 1. The van der Waals surface area contributed by atoms with Crippen LogP contribution in [0.15, 0.2) is 60.8 Å². The molecule has 0 radical (unpaired) electrons. The molecule has 0 fully saturated rings. The first-order chi connectivity index (χ1) is 21.8. The number of aliphatic hydroxyl groups is 1. The number of hydrogen-bond acceptors (Lipinski definition) is 6. The summed E-state index contributed by atoms with van der Waals surface area (Å²) >= 11 is 0. The molecule has 0 saturated carbocycles. The van der Waals surface area contributed by atoms with E-state index in [4.69, 9.17) is 11.5 Å². The molecule has 250 valence electrons. The quantitative estimate of drug-likeness (QED) is 0.149. The number of aliphatic hydroxyl groups excluding tert-OH is 1. The van der Waals surface area contributed by atoms with Crippen LogP contribution < -0.4 is 16.8 Å². The summed E-state index contributed by atoms with van der Waals surface area (Å²) in [6.45, 7) is 5.59. The SMILES string of the molecule is CC(C)(C)[C@H](c1cc(-c2cc(F)ccc2F)cn1Cc1ccccc1)N(CC[C@H](N)C(=O)N[C@H](CCCCN)C(=O)O)C(=O)CO. The van der Waals surface area contributed by atoms with Crippen molar-refractivity contribution in [1.82, 2.24) is 14.8 Å². The van der Waals surface area contributed by atoms with Gasteiger partial charge in [0.25, 0.3) is 0 Å². The van der Waals surface area contributed by atoms with E-state index in [0.29, 0.717) is 37.2 Å². The number of nitrogens with one attached hydrogen (secondary N) is 1. The number of nitrogens with zero attached hydrogens (tertiary/aromatic N) is 2. The Hall–Kier alpha value is -4.13. The van der Waals surface area contributed by atoms with Gasteiger partial charge in [0.2, 0.25) is 11.8 Å². The van der Waals surface area contributed by atoms with Gasteiger partial charge < -0.3 is 36.5 Å². The summed E-state index contributed by atoms with van der Waals surface area (Å²) in [6, 6.07) is 11.4. The highest BCUT2D eigenvalue weighted by atomic mass is 19.1. The molecule has 0 aliphatic heterocycles. The van der Waals surface area contributed by atoms with Crippen LogP contribution in [-0.2, 0) is 20.9 Å². The van der Waals surface area contributed by atoms with Gasteiger partial charge in [0.05, 0.1) is 12.1 Å². The molecule has 10 nitrogen and oxygen atoms in total. The minimum atomic E-state index is -1.19. The van der Waals surface area contributed by atoms with Crippen LogP contribution in [0.4, 0.5) is 8.78 Å². The molecule has 3 aromatic rings. The maximum atomic E-state index is 14.9. The number of benzene rings is 2. The second-order valence-corrected chi connectivity index (χ2v) is 12.5. The van der Waals surface area contributed by atoms with Gasteiger partial charge in [0.1, 0.15) is 24.3 Å². The smallest absolute Gasteiger partial charge is 0.326 e. The van der Waals surface area contributed by atoms with E-state index in [2.05, 4.69) is 5.32 Å². The predicted octanol–water partition coefficient (Wildman–Crippen LogP) is 3.81. The molecule has 2 aromatic carbocycles. The fourth-order valence-corrected chi connectivity index (χ4v) is 5.54. The van der Waals surface area contributed by atoms with E-state index in [1.165, 1.54) is 4.90 Å². The molecule has 0 spiro atoms. The Morgan fingerprint density at radius 2 is 1.72 bits per heavy atom. The van der Waals surface area contributed by atoms with Crippen molar-refractivity contribution in [3.63, 3.8) is 0 Å². The molecule has 7 N–H and O–H groups in total. The van der Waals surface area contributed by atoms with Gasteiger partial charge in [-0.3, -0.25) is 9.59 Å². The van der Waals surface area contributed by atoms with Gasteiger partial charge in [-0.1, -0.05) is 51.1 Å². The first-order valence-electron chi connectivity index (χ1n) is 15.3. The third kappa shape index (κ3) is 9.68. The lowest BCUT2D eigenvalue weighted by atomic mass is 9.82. The Morgan fingerprint density at radius 3 is 2.33 bits per heavy atom. The number of hydrogen-bond donors (Lipinski definition) is 5. The largest absolute Gasteiger partial charge is 0.480 e. The summed E-state index contributed by atoms with van der Waals surface area (Å²) in [4.78, 5) is 39.4. The molecule has 3 rings (SSSR count). The highest BCUT2D eigenvalue weighted by molar-refractivity contribution is 5.86. The summed E-state index contributed by atoms with van der Waals surface area (Å²) in [5.74, 6) is -3.70. The zero-order chi connectivity index (χ0) is 34.0. The number of amides is 2. The number of aliphatic carboxylic acids is 1. The van der Waals surface area contributed by atoms with Crippen molar-refractivity contribution in [3.05, 3.63) is 83.7 Å². The van der Waals surface area contributed by atoms with Gasteiger partial charge in [-0.05, 0) is 67.5 Å². The molecule has 3 atom stereocenters. The molecule has 46 heavy (non-hydrogen) atoms. The number of carboxylic acid groups (broad SMARTS) is 1. The molecule has 1 aromatic heterocycles. The minimum Gasteiger partial charge on any atom is -0.480 e. The highest BCUT2D eigenvalue weighted by Gasteiger charge is 2.37. The summed E-state index contributed by atoms with van der Waals surface area (Å²) in [5, 5.41) is 22.0. The standard InChI is InChI=1S/C34H45F2N5O5/c1-34(2,3)31(41(30(43)21-42)16-14-27(38)32(44)39-28(33(45)46)11-7-8-15-37)29-17-23(25-18-24(35)12-13-26(25)36)20-40(29)19-22-9-5-4-6-10-22/h4-6,9-10,12-13,17-18,20,27-28,31,42H,7-8,11,14-16,19,21,37-38H2,1-3H3,(H,39,44)(H,45,46)/t27-,28+,31-/m0/s1. The fourth-order valence-electron chi connectivity index (χ4n) is 5.54. The molecule has 2 amide bonds. The maximum absolute atomic E-state index is 14.9. The van der Waals surface area contributed by atoms with Crippen LogP contribution in [0.5, 0.6) is 0 Å². The van der Waals surface area contributed by atoms with Crippen molar-refractivity contribution in [3.8, 4) is 11.1 Å². The van der Waals surface area contributed by atoms with Crippen molar-refractivity contribution in [2.24, 2.45) is 16.9 Å². The zero-order valence-electron chi connectivity index (χ0n) is 26.6. The van der Waals surface area contributed by atoms with Crippen LogP contribution in [0.3, 0.4) is 0 Å². The molecule has 0 bridgehead atoms. The Morgan fingerprint density at radius 1 is 1.02 bits per heavy atom. The van der Waals surface area contributed by atoms with E-state index < -0.39 is 59.6 Å². The van der Waals surface area contributed by atoms with Crippen LogP contribution in [0, 0.1) is 17.0 Å². The molecule has 0 saturated heterocycles. The summed E-state index contributed by atoms with van der Waals surface area (Å²) < 4.78 is 31.0. The minimum absolute atomic E-state index is 0.0376. The lowest BCUT2D eigenvalue weighted by molar-refractivity contribution is -0.142. The lowest BCUT2D eigenvalue weighted by Gasteiger charge is -2.41.